The Bertz CT molecular complexity index is 103. The predicted octanol–water partition coefficient (Wildman–Crippen LogP) is 1.20. The minimum absolute atomic E-state index is 1.03. The summed E-state index contributed by atoms with van der Waals surface area (Å²) in [7, 11) is 0.0100. The first-order chi connectivity index (χ1) is 5.68. The van der Waals surface area contributed by atoms with Gasteiger partial charge in [0.1, 0.15) is 0 Å². The zero-order chi connectivity index (χ0) is 9.45. The van der Waals surface area contributed by atoms with E-state index in [1.807, 2.05) is 0 Å². The highest BCUT2D eigenvalue weighted by atomic mass is 28.4. The third-order valence-electron chi connectivity index (χ3n) is 1.83. The molecular weight excluding hydrogens is 168 g/mol. The van der Waals surface area contributed by atoms with Crippen LogP contribution in [0.5, 0.6) is 0 Å². The molecule has 3 nitrogen and oxygen atoms in total. The molecule has 74 valence electrons. The molecule has 0 aromatic heterocycles. The van der Waals surface area contributed by atoms with Crippen molar-refractivity contribution < 1.29 is 4.43 Å². The summed E-state index contributed by atoms with van der Waals surface area (Å²) in [6, 6.07) is 0. The van der Waals surface area contributed by atoms with Crippen molar-refractivity contribution in [2.45, 2.75) is 33.2 Å². The zero-order valence-corrected chi connectivity index (χ0v) is 9.74. The van der Waals surface area contributed by atoms with Crippen LogP contribution in [0, 0.1) is 0 Å². The molecular formula is C8H22N2OSi. The van der Waals surface area contributed by atoms with Crippen LogP contribution in [0.1, 0.15) is 26.7 Å². The average Bonchev–Trinajstić information content (AvgIpc) is 2.11. The summed E-state index contributed by atoms with van der Waals surface area (Å²) in [5.74, 6) is 0. The molecule has 0 aromatic rings. The lowest BCUT2D eigenvalue weighted by atomic mass is 10.5. The van der Waals surface area contributed by atoms with Crippen molar-refractivity contribution in [1.82, 2.24) is 9.96 Å². The van der Waals surface area contributed by atoms with Crippen LogP contribution in [0.25, 0.3) is 0 Å². The van der Waals surface area contributed by atoms with Gasteiger partial charge in [-0.05, 0) is 32.5 Å². The van der Waals surface area contributed by atoms with E-state index in [4.69, 9.17) is 4.43 Å². The van der Waals surface area contributed by atoms with Crippen LogP contribution in [0.3, 0.4) is 0 Å². The van der Waals surface area contributed by atoms with Crippen molar-refractivity contribution in [3.8, 4) is 0 Å². The number of nitrogens with one attached hydrogen (secondary N) is 2. The van der Waals surface area contributed by atoms with Crippen molar-refractivity contribution in [3.05, 3.63) is 0 Å². The number of hydrogen-bond acceptors (Lipinski definition) is 3. The van der Waals surface area contributed by atoms with E-state index in [-0.39, 0.29) is 0 Å². The summed E-state index contributed by atoms with van der Waals surface area (Å²) in [5.41, 5.74) is 0. The van der Waals surface area contributed by atoms with Crippen LogP contribution in [0.15, 0.2) is 0 Å². The molecule has 0 aliphatic rings. The van der Waals surface area contributed by atoms with Gasteiger partial charge in [0.15, 0.2) is 0 Å². The lowest BCUT2D eigenvalue weighted by molar-refractivity contribution is 0.368. The molecule has 2 N–H and O–H groups in total. The van der Waals surface area contributed by atoms with Gasteiger partial charge in [-0.1, -0.05) is 13.8 Å². The fourth-order valence-electron chi connectivity index (χ4n) is 0.934. The van der Waals surface area contributed by atoms with Gasteiger partial charge in [-0.25, -0.2) is 0 Å². The van der Waals surface area contributed by atoms with Crippen molar-refractivity contribution in [1.29, 1.82) is 0 Å². The Balaban J connectivity index is 3.70. The topological polar surface area (TPSA) is 33.3 Å². The fourth-order valence-corrected chi connectivity index (χ4v) is 2.80. The lowest BCUT2D eigenvalue weighted by Gasteiger charge is -2.26. The highest BCUT2D eigenvalue weighted by Gasteiger charge is 2.26. The molecule has 4 heteroatoms. The molecule has 0 unspecified atom stereocenters. The Kier molecular flexibility index (Phi) is 6.65. The van der Waals surface area contributed by atoms with E-state index in [1.165, 1.54) is 0 Å². The zero-order valence-electron chi connectivity index (χ0n) is 8.74. The third-order valence-corrected chi connectivity index (χ3v) is 4.50. The van der Waals surface area contributed by atoms with E-state index < -0.39 is 8.64 Å². The standard InChI is InChI=1S/C8H22N2OSi/c1-5-7-9-12(4,11-3)10-8-6-2/h9-10H,5-8H2,1-4H3. The molecule has 0 fully saturated rings. The van der Waals surface area contributed by atoms with Crippen molar-refractivity contribution in [3.63, 3.8) is 0 Å². The SMILES string of the molecule is CCCN[Si](C)(NCCC)OC. The van der Waals surface area contributed by atoms with Crippen LogP contribution >= 0.6 is 0 Å². The van der Waals surface area contributed by atoms with Gasteiger partial charge in [0.25, 0.3) is 0 Å². The molecule has 0 spiro atoms. The van der Waals surface area contributed by atoms with Crippen molar-refractivity contribution in [2.24, 2.45) is 0 Å². The molecule has 12 heavy (non-hydrogen) atoms. The molecule has 0 aliphatic carbocycles. The maximum Gasteiger partial charge on any atom is 0.348 e. The third kappa shape index (κ3) is 4.87. The first-order valence-electron chi connectivity index (χ1n) is 4.73. The summed E-state index contributed by atoms with van der Waals surface area (Å²) in [4.78, 5) is 6.87. The lowest BCUT2D eigenvalue weighted by Crippen LogP contribution is -2.62. The van der Waals surface area contributed by atoms with Crippen LogP contribution < -0.4 is 9.96 Å². The van der Waals surface area contributed by atoms with Crippen LogP contribution in [0.4, 0.5) is 0 Å². The molecule has 0 saturated carbocycles. The predicted molar refractivity (Wildman–Crippen MR) is 55.2 cm³/mol. The second-order valence-corrected chi connectivity index (χ2v) is 6.27. The summed E-state index contributed by atoms with van der Waals surface area (Å²) in [6.07, 6.45) is 2.31. The maximum absolute atomic E-state index is 5.46. The van der Waals surface area contributed by atoms with Gasteiger partial charge < -0.3 is 14.4 Å². The average molecular weight is 190 g/mol. The van der Waals surface area contributed by atoms with E-state index in [1.54, 1.807) is 7.11 Å². The van der Waals surface area contributed by atoms with Crippen LogP contribution in [0.2, 0.25) is 6.55 Å². The smallest absolute Gasteiger partial charge is 0.348 e. The van der Waals surface area contributed by atoms with E-state index >= 15 is 0 Å². The molecule has 0 atom stereocenters. The monoisotopic (exact) mass is 190 g/mol. The van der Waals surface area contributed by atoms with E-state index in [9.17, 15) is 0 Å². The first kappa shape index (κ1) is 12.1. The molecule has 0 aliphatic heterocycles. The Morgan fingerprint density at radius 1 is 1.08 bits per heavy atom. The second kappa shape index (κ2) is 6.60. The van der Waals surface area contributed by atoms with Gasteiger partial charge in [0, 0.05) is 7.11 Å². The minimum Gasteiger partial charge on any atom is -0.395 e. The van der Waals surface area contributed by atoms with Crippen molar-refractivity contribution in [2.75, 3.05) is 20.2 Å². The Hall–Kier alpha value is 0.0969. The number of hydrogen-bond donors (Lipinski definition) is 2. The quantitative estimate of drug-likeness (QED) is 0.592. The van der Waals surface area contributed by atoms with E-state index in [0.29, 0.717) is 0 Å². The molecule has 0 bridgehead atoms. The molecule has 0 aromatic carbocycles. The van der Waals surface area contributed by atoms with Gasteiger partial charge >= 0.3 is 8.64 Å². The van der Waals surface area contributed by atoms with Crippen molar-refractivity contribution >= 4 is 8.64 Å². The Morgan fingerprint density at radius 3 is 1.75 bits per heavy atom. The molecule has 0 saturated heterocycles. The Labute approximate surface area is 77.2 Å². The van der Waals surface area contributed by atoms with Crippen LogP contribution in [-0.4, -0.2) is 28.8 Å². The molecule has 0 amide bonds. The van der Waals surface area contributed by atoms with Gasteiger partial charge in [-0.15, -0.1) is 0 Å². The molecule has 0 rings (SSSR count). The van der Waals surface area contributed by atoms with Gasteiger partial charge in [-0.3, -0.25) is 0 Å². The highest BCUT2D eigenvalue weighted by molar-refractivity contribution is 6.67. The fraction of sp³-hybridized carbons (Fsp3) is 1.00. The maximum atomic E-state index is 5.46. The van der Waals surface area contributed by atoms with Crippen LogP contribution in [-0.2, 0) is 4.43 Å². The van der Waals surface area contributed by atoms with Gasteiger partial charge in [0.2, 0.25) is 0 Å². The summed E-state index contributed by atoms with van der Waals surface area (Å²) >= 11 is 0. The highest BCUT2D eigenvalue weighted by Crippen LogP contribution is 1.93. The minimum atomic E-state index is -1.77. The summed E-state index contributed by atoms with van der Waals surface area (Å²) in [5, 5.41) is 0. The number of rotatable bonds is 7. The summed E-state index contributed by atoms with van der Waals surface area (Å²) < 4.78 is 5.46. The molecule has 0 heterocycles. The van der Waals surface area contributed by atoms with E-state index in [0.717, 1.165) is 25.9 Å². The summed E-state index contributed by atoms with van der Waals surface area (Å²) in [6.45, 7) is 8.55. The first-order valence-corrected chi connectivity index (χ1v) is 7.14. The van der Waals surface area contributed by atoms with E-state index in [2.05, 4.69) is 30.4 Å². The molecule has 0 radical (unpaired) electrons. The largest absolute Gasteiger partial charge is 0.395 e. The van der Waals surface area contributed by atoms with Gasteiger partial charge in [0.05, 0.1) is 0 Å². The normalized spacial score (nSPS) is 12.0. The second-order valence-electron chi connectivity index (χ2n) is 3.09. The van der Waals surface area contributed by atoms with Gasteiger partial charge in [-0.2, -0.15) is 0 Å². The Morgan fingerprint density at radius 2 is 1.50 bits per heavy atom.